The molecule has 0 atom stereocenters. The van der Waals surface area contributed by atoms with Crippen molar-refractivity contribution in [3.63, 3.8) is 0 Å². The third kappa shape index (κ3) is 8.93. The smallest absolute Gasteiger partial charge is 0.140 e. The number of benzene rings is 2. The molecule has 8 nitrogen and oxygen atoms in total. The van der Waals surface area contributed by atoms with E-state index in [9.17, 15) is 8.78 Å². The van der Waals surface area contributed by atoms with Gasteiger partial charge < -0.3 is 18.8 Å². The van der Waals surface area contributed by atoms with Crippen LogP contribution in [0, 0.1) is 11.6 Å². The molecule has 2 aromatic heterocycles. The molecule has 50 heavy (non-hydrogen) atoms. The Kier molecular flexibility index (Phi) is 11.8. The van der Waals surface area contributed by atoms with Crippen LogP contribution >= 0.6 is 0 Å². The zero-order chi connectivity index (χ0) is 34.1. The fraction of sp³-hybridized carbons (Fsp3) is 0.550. The average molecular weight is 687 g/mol. The number of halogens is 2. The highest BCUT2D eigenvalue weighted by Crippen LogP contribution is 2.26. The first-order valence-corrected chi connectivity index (χ1v) is 19.0. The van der Waals surface area contributed by atoms with Crippen LogP contribution in [0.5, 0.6) is 0 Å². The van der Waals surface area contributed by atoms with Crippen LogP contribution in [0.1, 0.15) is 72.6 Å². The summed E-state index contributed by atoms with van der Waals surface area (Å²) in [4.78, 5) is 9.71. The maximum atomic E-state index is 13.0. The third-order valence-electron chi connectivity index (χ3n) is 11.0. The standard InChI is InChI=1S/2C20H26FN3O/c21-16-7-9-17(10-8-16)24-14-12-23(13-15-24)11-3-5-19-18-4-1-2-6-20(18)25-22-19;21-16-7-9-17(10-8-16)24-14-12-23(13-15-24)11-3-6-20-18-4-1-2-5-19(18)22-25-20/h2*7-10H,1-6,11-15H2. The molecular weight excluding hydrogens is 634 g/mol. The number of aromatic nitrogens is 2. The van der Waals surface area contributed by atoms with Crippen LogP contribution in [-0.2, 0) is 38.5 Å². The Bertz CT molecular complexity index is 1500. The lowest BCUT2D eigenvalue weighted by atomic mass is 9.95. The molecule has 268 valence electrons. The fourth-order valence-corrected chi connectivity index (χ4v) is 7.99. The van der Waals surface area contributed by atoms with Crippen LogP contribution in [0.15, 0.2) is 57.6 Å². The summed E-state index contributed by atoms with van der Waals surface area (Å²) < 4.78 is 37.2. The molecule has 0 N–H and O–H groups in total. The molecule has 2 aromatic carbocycles. The van der Waals surface area contributed by atoms with Gasteiger partial charge in [-0.3, -0.25) is 9.80 Å². The predicted octanol–water partition coefficient (Wildman–Crippen LogP) is 6.89. The molecule has 2 fully saturated rings. The van der Waals surface area contributed by atoms with Crippen LogP contribution in [0.3, 0.4) is 0 Å². The zero-order valence-corrected chi connectivity index (χ0v) is 29.4. The Morgan fingerprint density at radius 1 is 0.540 bits per heavy atom. The van der Waals surface area contributed by atoms with Crippen LogP contribution in [-0.4, -0.2) is 85.6 Å². The number of anilines is 2. The zero-order valence-electron chi connectivity index (χ0n) is 29.4. The molecule has 0 spiro atoms. The SMILES string of the molecule is Fc1ccc(N2CCN(CCCc3noc4c3CCCC4)CC2)cc1.Fc1ccc(N2CCN(CCCc3onc4c3CCCC4)CC2)cc1. The maximum Gasteiger partial charge on any atom is 0.140 e. The first-order valence-electron chi connectivity index (χ1n) is 19.0. The predicted molar refractivity (Wildman–Crippen MR) is 193 cm³/mol. The van der Waals surface area contributed by atoms with Crippen LogP contribution in [0.2, 0.25) is 0 Å². The van der Waals surface area contributed by atoms with E-state index in [1.807, 2.05) is 24.3 Å². The molecule has 8 rings (SSSR count). The van der Waals surface area contributed by atoms with Crippen molar-refractivity contribution in [1.82, 2.24) is 20.1 Å². The monoisotopic (exact) mass is 686 g/mol. The van der Waals surface area contributed by atoms with Crippen LogP contribution < -0.4 is 9.80 Å². The van der Waals surface area contributed by atoms with Crippen LogP contribution in [0.4, 0.5) is 20.2 Å². The van der Waals surface area contributed by atoms with E-state index >= 15 is 0 Å². The van der Waals surface area contributed by atoms with Crippen molar-refractivity contribution in [3.05, 3.63) is 94.2 Å². The molecule has 0 saturated carbocycles. The molecule has 4 aromatic rings. The molecule has 0 unspecified atom stereocenters. The van der Waals surface area contributed by atoms with Crippen molar-refractivity contribution < 1.29 is 17.8 Å². The second kappa shape index (κ2) is 17.0. The Morgan fingerprint density at radius 3 is 1.66 bits per heavy atom. The van der Waals surface area contributed by atoms with Gasteiger partial charge in [-0.25, -0.2) is 8.78 Å². The summed E-state index contributed by atoms with van der Waals surface area (Å²) in [6.07, 6.45) is 13.7. The molecule has 2 saturated heterocycles. The van der Waals surface area contributed by atoms with E-state index in [4.69, 9.17) is 9.05 Å². The minimum absolute atomic E-state index is 0.169. The normalized spacial score (nSPS) is 18.4. The van der Waals surface area contributed by atoms with Gasteiger partial charge in [0.2, 0.25) is 0 Å². The van der Waals surface area contributed by atoms with Gasteiger partial charge >= 0.3 is 0 Å². The van der Waals surface area contributed by atoms with Crippen molar-refractivity contribution in [2.24, 2.45) is 0 Å². The average Bonchev–Trinajstić information content (AvgIpc) is 3.77. The summed E-state index contributed by atoms with van der Waals surface area (Å²) in [5, 5.41) is 8.56. The van der Waals surface area contributed by atoms with Gasteiger partial charge in [-0.2, -0.15) is 0 Å². The quantitative estimate of drug-likeness (QED) is 0.179. The van der Waals surface area contributed by atoms with Crippen molar-refractivity contribution in [3.8, 4) is 0 Å². The molecule has 2 aliphatic heterocycles. The van der Waals surface area contributed by atoms with Gasteiger partial charge in [0.1, 0.15) is 23.2 Å². The van der Waals surface area contributed by atoms with Crippen LogP contribution in [0.25, 0.3) is 0 Å². The number of piperazine rings is 2. The van der Waals surface area contributed by atoms with Crippen molar-refractivity contribution in [2.75, 3.05) is 75.2 Å². The Morgan fingerprint density at radius 2 is 1.06 bits per heavy atom. The summed E-state index contributed by atoms with van der Waals surface area (Å²) in [6, 6.07) is 13.7. The summed E-state index contributed by atoms with van der Waals surface area (Å²) in [7, 11) is 0. The van der Waals surface area contributed by atoms with Gasteiger partial charge in [0.25, 0.3) is 0 Å². The molecule has 2 aliphatic carbocycles. The van der Waals surface area contributed by atoms with E-state index < -0.39 is 0 Å². The van der Waals surface area contributed by atoms with Gasteiger partial charge in [0.05, 0.1) is 11.4 Å². The van der Waals surface area contributed by atoms with Gasteiger partial charge in [-0.1, -0.05) is 10.3 Å². The lowest BCUT2D eigenvalue weighted by Crippen LogP contribution is -2.46. The molecule has 10 heteroatoms. The molecule has 0 bridgehead atoms. The lowest BCUT2D eigenvalue weighted by Gasteiger charge is -2.36. The number of nitrogens with zero attached hydrogens (tertiary/aromatic N) is 6. The first-order chi connectivity index (χ1) is 24.6. The van der Waals surface area contributed by atoms with Crippen molar-refractivity contribution in [1.29, 1.82) is 0 Å². The summed E-state index contributed by atoms with van der Waals surface area (Å²) in [6.45, 7) is 10.5. The highest BCUT2D eigenvalue weighted by atomic mass is 19.1. The molecule has 0 radical (unpaired) electrons. The number of fused-ring (bicyclic) bond motifs is 2. The number of aryl methyl sites for hydroxylation is 4. The Hall–Kier alpha value is -3.76. The third-order valence-corrected chi connectivity index (χ3v) is 11.0. The van der Waals surface area contributed by atoms with E-state index in [0.29, 0.717) is 0 Å². The van der Waals surface area contributed by atoms with Gasteiger partial charge in [-0.15, -0.1) is 0 Å². The second-order valence-corrected chi connectivity index (χ2v) is 14.3. The summed E-state index contributed by atoms with van der Waals surface area (Å²) in [5.74, 6) is 1.92. The number of hydrogen-bond acceptors (Lipinski definition) is 8. The minimum Gasteiger partial charge on any atom is -0.369 e. The highest BCUT2D eigenvalue weighted by molar-refractivity contribution is 5.47. The number of hydrogen-bond donors (Lipinski definition) is 0. The number of rotatable bonds is 10. The van der Waals surface area contributed by atoms with Gasteiger partial charge in [0, 0.05) is 87.7 Å². The van der Waals surface area contributed by atoms with Gasteiger partial charge in [0.15, 0.2) is 0 Å². The molecule has 4 heterocycles. The van der Waals surface area contributed by atoms with E-state index in [2.05, 4.69) is 29.9 Å². The summed E-state index contributed by atoms with van der Waals surface area (Å²) >= 11 is 0. The topological polar surface area (TPSA) is 65.0 Å². The highest BCUT2D eigenvalue weighted by Gasteiger charge is 2.22. The summed E-state index contributed by atoms with van der Waals surface area (Å²) in [5.41, 5.74) is 7.43. The minimum atomic E-state index is -0.169. The first kappa shape index (κ1) is 34.7. The lowest BCUT2D eigenvalue weighted by molar-refractivity contribution is 0.251. The van der Waals surface area contributed by atoms with E-state index in [0.717, 1.165) is 140 Å². The van der Waals surface area contributed by atoms with Gasteiger partial charge in [-0.05, 0) is 126 Å². The Labute approximate surface area is 295 Å². The van der Waals surface area contributed by atoms with Crippen molar-refractivity contribution in [2.45, 2.75) is 77.0 Å². The van der Waals surface area contributed by atoms with Crippen molar-refractivity contribution >= 4 is 11.4 Å². The molecule has 4 aliphatic rings. The largest absolute Gasteiger partial charge is 0.369 e. The molecular formula is C40H52F2N6O2. The second-order valence-electron chi connectivity index (χ2n) is 14.3. The van der Waals surface area contributed by atoms with E-state index in [1.165, 1.54) is 48.2 Å². The maximum absolute atomic E-state index is 13.0. The fourth-order valence-electron chi connectivity index (χ4n) is 7.99. The molecule has 0 amide bonds. The van der Waals surface area contributed by atoms with E-state index in [1.54, 1.807) is 24.3 Å². The van der Waals surface area contributed by atoms with E-state index in [-0.39, 0.29) is 11.6 Å². The Balaban J connectivity index is 0.000000157.